The summed E-state index contributed by atoms with van der Waals surface area (Å²) in [6.07, 6.45) is 1.74. The molecule has 2 rings (SSSR count). The summed E-state index contributed by atoms with van der Waals surface area (Å²) < 4.78 is 4.70. The number of benzene rings is 1. The zero-order valence-corrected chi connectivity index (χ0v) is 8.12. The van der Waals surface area contributed by atoms with E-state index < -0.39 is 0 Å². The van der Waals surface area contributed by atoms with Crippen LogP contribution in [0.2, 0.25) is 0 Å². The van der Waals surface area contributed by atoms with Gasteiger partial charge in [0.2, 0.25) is 0 Å². The Kier molecular flexibility index (Phi) is 2.39. The van der Waals surface area contributed by atoms with Gasteiger partial charge in [-0.05, 0) is 24.5 Å². The molecular weight excluding hydrogens is 178 g/mol. The standard InChI is InChI=1S/C11H13NO2/c1-14-11(13)10-7-6-8-4-2-3-5-9(8)12-10/h2-5,10,12H,6-7H2,1H3/t10-/m1/s1. The van der Waals surface area contributed by atoms with Crippen molar-refractivity contribution < 1.29 is 9.53 Å². The van der Waals surface area contributed by atoms with E-state index in [4.69, 9.17) is 4.74 Å². The highest BCUT2D eigenvalue weighted by atomic mass is 16.5. The first-order chi connectivity index (χ1) is 6.81. The molecule has 1 aromatic rings. The largest absolute Gasteiger partial charge is 0.467 e. The third-order valence-corrected chi connectivity index (χ3v) is 2.54. The van der Waals surface area contributed by atoms with Gasteiger partial charge in [-0.3, -0.25) is 0 Å². The second-order valence-electron chi connectivity index (χ2n) is 3.42. The van der Waals surface area contributed by atoms with E-state index in [1.807, 2.05) is 18.2 Å². The summed E-state index contributed by atoms with van der Waals surface area (Å²) in [7, 11) is 1.42. The van der Waals surface area contributed by atoms with E-state index in [-0.39, 0.29) is 12.0 Å². The van der Waals surface area contributed by atoms with Crippen molar-refractivity contribution in [1.29, 1.82) is 0 Å². The third kappa shape index (κ3) is 1.58. The maximum absolute atomic E-state index is 11.3. The van der Waals surface area contributed by atoms with Crippen LogP contribution in [0.4, 0.5) is 5.69 Å². The smallest absolute Gasteiger partial charge is 0.328 e. The molecule has 1 atom stereocenters. The molecular formula is C11H13NO2. The average Bonchev–Trinajstić information content (AvgIpc) is 2.27. The van der Waals surface area contributed by atoms with Gasteiger partial charge in [-0.25, -0.2) is 4.79 Å². The first-order valence-electron chi connectivity index (χ1n) is 4.73. The fraction of sp³-hybridized carbons (Fsp3) is 0.364. The molecule has 0 saturated heterocycles. The highest BCUT2D eigenvalue weighted by molar-refractivity contribution is 5.80. The fourth-order valence-electron chi connectivity index (χ4n) is 1.76. The van der Waals surface area contributed by atoms with E-state index >= 15 is 0 Å². The molecule has 1 aliphatic rings. The second kappa shape index (κ2) is 3.70. The zero-order valence-electron chi connectivity index (χ0n) is 8.12. The van der Waals surface area contributed by atoms with Gasteiger partial charge in [0.25, 0.3) is 0 Å². The van der Waals surface area contributed by atoms with Gasteiger partial charge in [-0.1, -0.05) is 18.2 Å². The molecule has 0 aromatic heterocycles. The predicted molar refractivity (Wildman–Crippen MR) is 54.2 cm³/mol. The maximum Gasteiger partial charge on any atom is 0.328 e. The third-order valence-electron chi connectivity index (χ3n) is 2.54. The lowest BCUT2D eigenvalue weighted by atomic mass is 9.98. The van der Waals surface area contributed by atoms with E-state index in [2.05, 4.69) is 11.4 Å². The number of ether oxygens (including phenoxy) is 1. The second-order valence-corrected chi connectivity index (χ2v) is 3.42. The van der Waals surface area contributed by atoms with Gasteiger partial charge >= 0.3 is 5.97 Å². The molecule has 0 radical (unpaired) electrons. The number of carbonyl (C=O) groups is 1. The van der Waals surface area contributed by atoms with Gasteiger partial charge in [-0.2, -0.15) is 0 Å². The molecule has 1 aromatic carbocycles. The van der Waals surface area contributed by atoms with Crippen LogP contribution in [0.25, 0.3) is 0 Å². The van der Waals surface area contributed by atoms with Gasteiger partial charge in [-0.15, -0.1) is 0 Å². The van der Waals surface area contributed by atoms with Gasteiger partial charge in [0.1, 0.15) is 6.04 Å². The van der Waals surface area contributed by atoms with Crippen molar-refractivity contribution in [2.75, 3.05) is 12.4 Å². The Morgan fingerprint density at radius 3 is 3.07 bits per heavy atom. The fourth-order valence-corrected chi connectivity index (χ4v) is 1.76. The molecule has 0 bridgehead atoms. The summed E-state index contributed by atoms with van der Waals surface area (Å²) in [6.45, 7) is 0. The van der Waals surface area contributed by atoms with Gasteiger partial charge in [0.15, 0.2) is 0 Å². The van der Waals surface area contributed by atoms with Gasteiger partial charge in [0, 0.05) is 5.69 Å². The van der Waals surface area contributed by atoms with Crippen molar-refractivity contribution in [2.24, 2.45) is 0 Å². The normalized spacial score (nSPS) is 19.4. The van der Waals surface area contributed by atoms with Crippen LogP contribution in [-0.4, -0.2) is 19.1 Å². The number of rotatable bonds is 1. The summed E-state index contributed by atoms with van der Waals surface area (Å²) in [4.78, 5) is 11.3. The molecule has 0 aliphatic carbocycles. The van der Waals surface area contributed by atoms with Crippen LogP contribution in [-0.2, 0) is 16.0 Å². The van der Waals surface area contributed by atoms with Crippen molar-refractivity contribution >= 4 is 11.7 Å². The van der Waals surface area contributed by atoms with E-state index in [9.17, 15) is 4.79 Å². The molecule has 74 valence electrons. The number of anilines is 1. The van der Waals surface area contributed by atoms with Gasteiger partial charge < -0.3 is 10.1 Å². The Bertz CT molecular complexity index is 349. The minimum atomic E-state index is -0.185. The Morgan fingerprint density at radius 2 is 2.29 bits per heavy atom. The van der Waals surface area contributed by atoms with Crippen molar-refractivity contribution in [3.63, 3.8) is 0 Å². The number of esters is 1. The van der Waals surface area contributed by atoms with Crippen molar-refractivity contribution in [3.8, 4) is 0 Å². The number of carbonyl (C=O) groups excluding carboxylic acids is 1. The Labute approximate surface area is 83.1 Å². The quantitative estimate of drug-likeness (QED) is 0.685. The molecule has 3 heteroatoms. The van der Waals surface area contributed by atoms with E-state index in [1.54, 1.807) is 0 Å². The molecule has 0 fully saturated rings. The number of aryl methyl sites for hydroxylation is 1. The summed E-state index contributed by atoms with van der Waals surface area (Å²) in [6, 6.07) is 7.86. The molecule has 0 amide bonds. The number of hydrogen-bond donors (Lipinski definition) is 1. The molecule has 1 heterocycles. The highest BCUT2D eigenvalue weighted by Gasteiger charge is 2.23. The summed E-state index contributed by atoms with van der Waals surface area (Å²) in [5, 5.41) is 3.17. The molecule has 0 spiro atoms. The lowest BCUT2D eigenvalue weighted by molar-refractivity contribution is -0.141. The molecule has 3 nitrogen and oxygen atoms in total. The van der Waals surface area contributed by atoms with E-state index in [1.165, 1.54) is 12.7 Å². The number of fused-ring (bicyclic) bond motifs is 1. The van der Waals surface area contributed by atoms with Crippen LogP contribution in [0, 0.1) is 0 Å². The summed E-state index contributed by atoms with van der Waals surface area (Å²) in [5.41, 5.74) is 2.32. The van der Waals surface area contributed by atoms with Crippen LogP contribution in [0.15, 0.2) is 24.3 Å². The lowest BCUT2D eigenvalue weighted by Crippen LogP contribution is -2.34. The van der Waals surface area contributed by atoms with E-state index in [0.717, 1.165) is 18.5 Å². The maximum atomic E-state index is 11.3. The van der Waals surface area contributed by atoms with Crippen LogP contribution in [0.1, 0.15) is 12.0 Å². The lowest BCUT2D eigenvalue weighted by Gasteiger charge is -2.24. The molecule has 14 heavy (non-hydrogen) atoms. The van der Waals surface area contributed by atoms with Crippen LogP contribution >= 0.6 is 0 Å². The minimum absolute atomic E-state index is 0.181. The van der Waals surface area contributed by atoms with Crippen LogP contribution < -0.4 is 5.32 Å². The number of methoxy groups -OCH3 is 1. The predicted octanol–water partition coefficient (Wildman–Crippen LogP) is 1.59. The van der Waals surface area contributed by atoms with Crippen molar-refractivity contribution in [3.05, 3.63) is 29.8 Å². The summed E-state index contributed by atoms with van der Waals surface area (Å²) in [5.74, 6) is -0.181. The molecule has 1 aliphatic heterocycles. The number of nitrogens with one attached hydrogen (secondary N) is 1. The van der Waals surface area contributed by atoms with Crippen LogP contribution in [0.3, 0.4) is 0 Å². The minimum Gasteiger partial charge on any atom is -0.467 e. The van der Waals surface area contributed by atoms with Crippen molar-refractivity contribution in [1.82, 2.24) is 0 Å². The molecule has 0 saturated carbocycles. The molecule has 0 unspecified atom stereocenters. The SMILES string of the molecule is COC(=O)[C@H]1CCc2ccccc2N1. The zero-order chi connectivity index (χ0) is 9.97. The Hall–Kier alpha value is -1.51. The Balaban J connectivity index is 2.17. The van der Waals surface area contributed by atoms with Gasteiger partial charge in [0.05, 0.1) is 7.11 Å². The number of hydrogen-bond acceptors (Lipinski definition) is 3. The summed E-state index contributed by atoms with van der Waals surface area (Å²) >= 11 is 0. The molecule has 1 N–H and O–H groups in total. The average molecular weight is 191 g/mol. The Morgan fingerprint density at radius 1 is 1.50 bits per heavy atom. The van der Waals surface area contributed by atoms with E-state index in [0.29, 0.717) is 0 Å². The van der Waals surface area contributed by atoms with Crippen LogP contribution in [0.5, 0.6) is 0 Å². The van der Waals surface area contributed by atoms with Crippen molar-refractivity contribution in [2.45, 2.75) is 18.9 Å². The number of para-hydroxylation sites is 1. The first-order valence-corrected chi connectivity index (χ1v) is 4.73. The topological polar surface area (TPSA) is 38.3 Å². The monoisotopic (exact) mass is 191 g/mol. The highest BCUT2D eigenvalue weighted by Crippen LogP contribution is 2.24. The first kappa shape index (κ1) is 9.06.